The molecule has 242 valence electrons. The summed E-state index contributed by atoms with van der Waals surface area (Å²) >= 11 is 4.46. The van der Waals surface area contributed by atoms with Crippen LogP contribution in [0, 0.1) is 11.7 Å². The van der Waals surface area contributed by atoms with Crippen molar-refractivity contribution < 1.29 is 4.39 Å². The zero-order chi connectivity index (χ0) is 30.8. The van der Waals surface area contributed by atoms with Gasteiger partial charge in [0, 0.05) is 15.3 Å². The molecule has 4 rings (SSSR count). The lowest BCUT2D eigenvalue weighted by Crippen LogP contribution is -2.05. The maximum atomic E-state index is 15.7. The Morgan fingerprint density at radius 2 is 1.23 bits per heavy atom. The zero-order valence-electron chi connectivity index (χ0n) is 27.4. The fraction of sp³-hybridized carbons (Fsp3) is 0.632. The van der Waals surface area contributed by atoms with Crippen LogP contribution in [-0.2, 0) is 6.42 Å². The van der Waals surface area contributed by atoms with Crippen molar-refractivity contribution >= 4 is 45.4 Å². The van der Waals surface area contributed by atoms with Gasteiger partial charge in [-0.1, -0.05) is 148 Å². The molecule has 0 N–H and O–H groups in total. The third-order valence-electron chi connectivity index (χ3n) is 9.13. The van der Waals surface area contributed by atoms with Crippen LogP contribution in [0.4, 0.5) is 4.39 Å². The number of fused-ring (bicyclic) bond motifs is 1. The van der Waals surface area contributed by atoms with Crippen LogP contribution in [0.25, 0.3) is 31.9 Å². The quantitative estimate of drug-likeness (QED) is 0.0703. The molecular formula is C38H55FN2S3. The fourth-order valence-electron chi connectivity index (χ4n) is 6.55. The van der Waals surface area contributed by atoms with Crippen LogP contribution in [0.3, 0.4) is 0 Å². The minimum Gasteiger partial charge on any atom is -0.206 e. The SMILES string of the molecule is CCCCCCCCCCCCC(CCCCCCCCCC)Cc1csc(-c2c(F)cc(-c3cccs3)c3nsnc23)c1. The van der Waals surface area contributed by atoms with Gasteiger partial charge in [-0.05, 0) is 46.9 Å². The van der Waals surface area contributed by atoms with E-state index in [2.05, 4.69) is 34.0 Å². The standard InChI is InChI=1S/C38H55FN2S3/c1-3-5-7-9-11-13-14-16-18-20-23-30(22-19-17-15-12-10-8-6-4-2)26-31-27-35(43-29-31)36-33(39)28-32(34-24-21-25-42-34)37-38(36)41-44-40-37/h21,24-25,27-30H,3-20,22-23,26H2,1-2H3. The van der Waals surface area contributed by atoms with E-state index in [1.54, 1.807) is 28.7 Å². The molecule has 0 saturated heterocycles. The molecule has 0 aliphatic heterocycles. The van der Waals surface area contributed by atoms with E-state index >= 15 is 4.39 Å². The van der Waals surface area contributed by atoms with Crippen molar-refractivity contribution in [2.75, 3.05) is 0 Å². The predicted molar refractivity (Wildman–Crippen MR) is 195 cm³/mol. The summed E-state index contributed by atoms with van der Waals surface area (Å²) in [6.45, 7) is 4.59. The van der Waals surface area contributed by atoms with Crippen LogP contribution in [0.5, 0.6) is 0 Å². The van der Waals surface area contributed by atoms with Gasteiger partial charge in [0.05, 0.1) is 17.3 Å². The Kier molecular flexibility index (Phi) is 16.4. The minimum atomic E-state index is -0.192. The van der Waals surface area contributed by atoms with E-state index in [4.69, 9.17) is 0 Å². The number of halogens is 1. The number of aromatic nitrogens is 2. The lowest BCUT2D eigenvalue weighted by molar-refractivity contribution is 0.400. The average Bonchev–Trinajstić information content (AvgIpc) is 3.82. The van der Waals surface area contributed by atoms with Crippen molar-refractivity contribution in [1.29, 1.82) is 0 Å². The number of hydrogen-bond acceptors (Lipinski definition) is 5. The first-order chi connectivity index (χ1) is 21.7. The zero-order valence-corrected chi connectivity index (χ0v) is 29.8. The van der Waals surface area contributed by atoms with E-state index < -0.39 is 0 Å². The Labute approximate surface area is 279 Å². The number of thiophene rings is 2. The van der Waals surface area contributed by atoms with Gasteiger partial charge in [0.15, 0.2) is 0 Å². The Bertz CT molecular complexity index is 1310. The summed E-state index contributed by atoms with van der Waals surface area (Å²) in [4.78, 5) is 2.02. The molecule has 1 unspecified atom stereocenters. The van der Waals surface area contributed by atoms with E-state index in [1.807, 2.05) is 17.5 Å². The van der Waals surface area contributed by atoms with Crippen molar-refractivity contribution in [1.82, 2.24) is 8.75 Å². The Morgan fingerprint density at radius 3 is 1.80 bits per heavy atom. The van der Waals surface area contributed by atoms with Gasteiger partial charge in [0.1, 0.15) is 16.9 Å². The van der Waals surface area contributed by atoms with Crippen LogP contribution in [0.15, 0.2) is 35.0 Å². The van der Waals surface area contributed by atoms with Gasteiger partial charge in [-0.15, -0.1) is 22.7 Å². The highest BCUT2D eigenvalue weighted by Gasteiger charge is 2.21. The largest absolute Gasteiger partial charge is 0.206 e. The van der Waals surface area contributed by atoms with Crippen molar-refractivity contribution in [2.45, 2.75) is 149 Å². The van der Waals surface area contributed by atoms with Crippen molar-refractivity contribution in [3.8, 4) is 20.9 Å². The molecule has 6 heteroatoms. The van der Waals surface area contributed by atoms with Gasteiger partial charge in [-0.3, -0.25) is 0 Å². The molecule has 0 aliphatic rings. The summed E-state index contributed by atoms with van der Waals surface area (Å²) in [6, 6.07) is 7.94. The van der Waals surface area contributed by atoms with E-state index in [1.165, 1.54) is 146 Å². The first-order valence-electron chi connectivity index (χ1n) is 17.8. The minimum absolute atomic E-state index is 0.192. The van der Waals surface area contributed by atoms with Crippen molar-refractivity contribution in [3.05, 3.63) is 46.4 Å². The molecule has 44 heavy (non-hydrogen) atoms. The maximum Gasteiger partial charge on any atom is 0.134 e. The molecule has 0 bridgehead atoms. The molecule has 0 radical (unpaired) electrons. The number of benzene rings is 1. The summed E-state index contributed by atoms with van der Waals surface area (Å²) in [5.41, 5.74) is 4.35. The van der Waals surface area contributed by atoms with E-state index in [-0.39, 0.29) is 5.82 Å². The van der Waals surface area contributed by atoms with Crippen LogP contribution < -0.4 is 0 Å². The molecule has 1 aromatic carbocycles. The van der Waals surface area contributed by atoms with Crippen LogP contribution >= 0.6 is 34.4 Å². The molecule has 2 nitrogen and oxygen atoms in total. The van der Waals surface area contributed by atoms with Crippen LogP contribution in [-0.4, -0.2) is 8.75 Å². The molecule has 0 aliphatic carbocycles. The summed E-state index contributed by atoms with van der Waals surface area (Å²) in [6.07, 6.45) is 28.7. The lowest BCUT2D eigenvalue weighted by Gasteiger charge is -2.16. The Hall–Kier alpha value is -1.63. The highest BCUT2D eigenvalue weighted by molar-refractivity contribution is 7.14. The Balaban J connectivity index is 1.32. The average molecular weight is 655 g/mol. The van der Waals surface area contributed by atoms with Gasteiger partial charge in [0.2, 0.25) is 0 Å². The number of rotatable bonds is 24. The normalized spacial score (nSPS) is 12.4. The second kappa shape index (κ2) is 20.5. The maximum absolute atomic E-state index is 15.7. The molecule has 0 spiro atoms. The summed E-state index contributed by atoms with van der Waals surface area (Å²) < 4.78 is 24.8. The summed E-state index contributed by atoms with van der Waals surface area (Å²) in [5.74, 6) is 0.529. The molecule has 0 saturated carbocycles. The van der Waals surface area contributed by atoms with E-state index in [0.29, 0.717) is 11.1 Å². The lowest BCUT2D eigenvalue weighted by atomic mass is 9.89. The van der Waals surface area contributed by atoms with Crippen LogP contribution in [0.1, 0.15) is 148 Å². The second-order valence-corrected chi connectivity index (χ2v) is 15.2. The number of nitrogens with zero attached hydrogens (tertiary/aromatic N) is 2. The third kappa shape index (κ3) is 11.3. The molecule has 4 aromatic rings. The highest BCUT2D eigenvalue weighted by atomic mass is 32.1. The van der Waals surface area contributed by atoms with Gasteiger partial charge in [-0.2, -0.15) is 8.75 Å². The van der Waals surface area contributed by atoms with E-state index in [0.717, 1.165) is 33.2 Å². The van der Waals surface area contributed by atoms with Gasteiger partial charge < -0.3 is 0 Å². The second-order valence-electron chi connectivity index (χ2n) is 12.8. The van der Waals surface area contributed by atoms with Gasteiger partial charge >= 0.3 is 0 Å². The monoisotopic (exact) mass is 654 g/mol. The van der Waals surface area contributed by atoms with Crippen molar-refractivity contribution in [3.63, 3.8) is 0 Å². The first-order valence-corrected chi connectivity index (χ1v) is 20.3. The number of hydrogen-bond donors (Lipinski definition) is 0. The predicted octanol–water partition coefficient (Wildman–Crippen LogP) is 14.3. The molecule has 0 fully saturated rings. The molecule has 0 amide bonds. The smallest absolute Gasteiger partial charge is 0.134 e. The van der Waals surface area contributed by atoms with Crippen LogP contribution in [0.2, 0.25) is 0 Å². The third-order valence-corrected chi connectivity index (χ3v) is 11.6. The van der Waals surface area contributed by atoms with Crippen molar-refractivity contribution in [2.24, 2.45) is 5.92 Å². The first kappa shape index (κ1) is 35.2. The number of unbranched alkanes of at least 4 members (excludes halogenated alkanes) is 16. The van der Waals surface area contributed by atoms with E-state index in [9.17, 15) is 0 Å². The molecular weight excluding hydrogens is 600 g/mol. The van der Waals surface area contributed by atoms with Gasteiger partial charge in [0.25, 0.3) is 0 Å². The molecule has 1 atom stereocenters. The van der Waals surface area contributed by atoms with Gasteiger partial charge in [-0.25, -0.2) is 4.39 Å². The Morgan fingerprint density at radius 1 is 0.659 bits per heavy atom. The molecule has 3 aromatic heterocycles. The summed E-state index contributed by atoms with van der Waals surface area (Å²) in [7, 11) is 0. The fourth-order valence-corrected chi connectivity index (χ4v) is 8.83. The molecule has 3 heterocycles. The summed E-state index contributed by atoms with van der Waals surface area (Å²) in [5, 5.41) is 4.30. The topological polar surface area (TPSA) is 25.8 Å². The highest BCUT2D eigenvalue weighted by Crippen LogP contribution is 2.40.